The summed E-state index contributed by atoms with van der Waals surface area (Å²) in [4.78, 5) is 37.8. The smallest absolute Gasteiger partial charge is 0.341 e. The van der Waals surface area contributed by atoms with Crippen LogP contribution in [-0.2, 0) is 38.1 Å². The summed E-state index contributed by atoms with van der Waals surface area (Å²) in [5, 5.41) is 34.1. The molecule has 0 amide bonds. The van der Waals surface area contributed by atoms with E-state index in [1.807, 2.05) is 13.8 Å². The SMILES string of the molecule is CC(=O)O[C@H]1C[C@H]2[C@@H]([C@@H]3O[C@@H]3[C@@]3(O)C[C@@H]4O[C@@H]4[C@H](OC(C)=O)[C@]23C)[C@@H]2CC[C@H]([C@H](C)[C@H]3C[C@@](C)(O)[C@@](C)(O)C(=O)O3)[C@@]12C. The Morgan fingerprint density at radius 2 is 1.60 bits per heavy atom. The zero-order valence-corrected chi connectivity index (χ0v) is 26.1. The Hall–Kier alpha value is -1.79. The zero-order valence-electron chi connectivity index (χ0n) is 26.1. The number of hydrogen-bond donors (Lipinski definition) is 3. The molecule has 0 spiro atoms. The number of esters is 3. The molecule has 240 valence electrons. The maximum atomic E-state index is 12.8. The van der Waals surface area contributed by atoms with Gasteiger partial charge in [-0.2, -0.15) is 0 Å². The van der Waals surface area contributed by atoms with Gasteiger partial charge in [-0.3, -0.25) is 9.59 Å². The van der Waals surface area contributed by atoms with E-state index in [0.29, 0.717) is 12.8 Å². The molecule has 4 saturated carbocycles. The van der Waals surface area contributed by atoms with Crippen LogP contribution in [0.15, 0.2) is 0 Å². The fraction of sp³-hybridized carbons (Fsp3) is 0.906. The number of ether oxygens (including phenoxy) is 5. The lowest BCUT2D eigenvalue weighted by molar-refractivity contribution is -0.252. The largest absolute Gasteiger partial charge is 0.462 e. The minimum atomic E-state index is -2.01. The van der Waals surface area contributed by atoms with Gasteiger partial charge in [0.2, 0.25) is 0 Å². The van der Waals surface area contributed by atoms with Gasteiger partial charge in [0.15, 0.2) is 5.60 Å². The molecular formula is C32H46O11. The van der Waals surface area contributed by atoms with Crippen LogP contribution in [0.1, 0.15) is 80.6 Å². The number of epoxide rings is 2. The quantitative estimate of drug-likeness (QED) is 0.242. The molecule has 43 heavy (non-hydrogen) atoms. The second kappa shape index (κ2) is 8.93. The number of fused-ring (bicyclic) bond motifs is 9. The molecule has 3 saturated heterocycles. The van der Waals surface area contributed by atoms with Crippen molar-refractivity contribution in [1.82, 2.24) is 0 Å². The summed E-state index contributed by atoms with van der Waals surface area (Å²) >= 11 is 0. The molecule has 7 fully saturated rings. The van der Waals surface area contributed by atoms with Crippen molar-refractivity contribution in [2.24, 2.45) is 40.4 Å². The molecule has 3 heterocycles. The maximum Gasteiger partial charge on any atom is 0.341 e. The number of carbonyl (C=O) groups excluding carboxylic acids is 3. The van der Waals surface area contributed by atoms with Gasteiger partial charge >= 0.3 is 17.9 Å². The van der Waals surface area contributed by atoms with Crippen molar-refractivity contribution in [3.63, 3.8) is 0 Å². The van der Waals surface area contributed by atoms with E-state index in [0.717, 1.165) is 12.8 Å². The molecule has 17 atom stereocenters. The molecule has 11 nitrogen and oxygen atoms in total. The van der Waals surface area contributed by atoms with E-state index in [-0.39, 0.29) is 54.3 Å². The Morgan fingerprint density at radius 3 is 2.23 bits per heavy atom. The van der Waals surface area contributed by atoms with Gasteiger partial charge in [0.25, 0.3) is 0 Å². The molecule has 7 aliphatic rings. The predicted molar refractivity (Wildman–Crippen MR) is 147 cm³/mol. The van der Waals surface area contributed by atoms with Crippen LogP contribution in [0.3, 0.4) is 0 Å². The Bertz CT molecular complexity index is 1250. The van der Waals surface area contributed by atoms with Crippen molar-refractivity contribution in [2.45, 2.75) is 140 Å². The predicted octanol–water partition coefficient (Wildman–Crippen LogP) is 1.66. The molecule has 0 aromatic rings. The summed E-state index contributed by atoms with van der Waals surface area (Å²) in [6, 6.07) is 0. The average molecular weight is 607 g/mol. The van der Waals surface area contributed by atoms with Crippen molar-refractivity contribution in [3.8, 4) is 0 Å². The molecule has 0 aromatic heterocycles. The Kier molecular flexibility index (Phi) is 6.21. The van der Waals surface area contributed by atoms with Crippen LogP contribution in [0.4, 0.5) is 0 Å². The van der Waals surface area contributed by atoms with Gasteiger partial charge in [-0.15, -0.1) is 0 Å². The molecule has 3 aliphatic heterocycles. The van der Waals surface area contributed by atoms with Crippen LogP contribution in [-0.4, -0.2) is 92.8 Å². The first-order chi connectivity index (χ1) is 19.9. The van der Waals surface area contributed by atoms with Crippen molar-refractivity contribution >= 4 is 17.9 Å². The van der Waals surface area contributed by atoms with Crippen molar-refractivity contribution in [3.05, 3.63) is 0 Å². The van der Waals surface area contributed by atoms with Crippen LogP contribution in [0, 0.1) is 40.4 Å². The highest BCUT2D eigenvalue weighted by Crippen LogP contribution is 2.74. The number of rotatable bonds is 4. The summed E-state index contributed by atoms with van der Waals surface area (Å²) in [5.74, 6) is -1.99. The topological polar surface area (TPSA) is 165 Å². The second-order valence-corrected chi connectivity index (χ2v) is 15.6. The van der Waals surface area contributed by atoms with Crippen molar-refractivity contribution in [1.29, 1.82) is 0 Å². The fourth-order valence-electron chi connectivity index (χ4n) is 11.1. The summed E-state index contributed by atoms with van der Waals surface area (Å²) in [5.41, 5.74) is -6.34. The highest BCUT2D eigenvalue weighted by atomic mass is 16.6. The van der Waals surface area contributed by atoms with E-state index in [2.05, 4.69) is 6.92 Å². The molecule has 11 heteroatoms. The third kappa shape index (κ3) is 3.74. The standard InChI is InChI=1S/C32H46O11/c1-13(19-11-28(4,36)31(7,37)27(35)42-19)16-8-9-17-22-18(10-21(29(16,17)5)39-14(2)33)30(6)25(40-15(3)34)23-20(41-23)12-32(30,38)26-24(22)43-26/h13,16-26,36-38H,8-12H2,1-7H3/t13-,16+,17-,18-,19+,20-,21-,22-,23-,24-,25-,26-,28+,29+,30-,31-,32-/m0/s1. The highest BCUT2D eigenvalue weighted by Gasteiger charge is 2.83. The third-order valence-corrected chi connectivity index (χ3v) is 13.7. The first-order valence-electron chi connectivity index (χ1n) is 15.9. The number of cyclic esters (lactones) is 1. The van der Waals surface area contributed by atoms with E-state index < -0.39 is 70.0 Å². The van der Waals surface area contributed by atoms with Gasteiger partial charge in [-0.1, -0.05) is 20.8 Å². The van der Waals surface area contributed by atoms with Crippen LogP contribution in [0.5, 0.6) is 0 Å². The molecule has 0 bridgehead atoms. The summed E-state index contributed by atoms with van der Waals surface area (Å²) in [6.45, 7) is 11.7. The monoisotopic (exact) mass is 606 g/mol. The summed E-state index contributed by atoms with van der Waals surface area (Å²) in [7, 11) is 0. The molecular weight excluding hydrogens is 560 g/mol. The van der Waals surface area contributed by atoms with E-state index in [1.54, 1.807) is 0 Å². The van der Waals surface area contributed by atoms with Gasteiger partial charge in [0.1, 0.15) is 41.7 Å². The average Bonchev–Trinajstić information content (AvgIpc) is 3.81. The normalized spacial score (nSPS) is 58.4. The van der Waals surface area contributed by atoms with Gasteiger partial charge < -0.3 is 39.0 Å². The molecule has 0 unspecified atom stereocenters. The first-order valence-corrected chi connectivity index (χ1v) is 15.9. The Balaban J connectivity index is 1.26. The molecule has 7 rings (SSSR count). The first kappa shape index (κ1) is 29.9. The number of carbonyl (C=O) groups is 3. The van der Waals surface area contributed by atoms with Gasteiger partial charge in [-0.25, -0.2) is 4.79 Å². The van der Waals surface area contributed by atoms with Crippen molar-refractivity contribution in [2.75, 3.05) is 0 Å². The second-order valence-electron chi connectivity index (χ2n) is 15.6. The number of aliphatic hydroxyl groups is 3. The van der Waals surface area contributed by atoms with Crippen LogP contribution in [0.2, 0.25) is 0 Å². The van der Waals surface area contributed by atoms with E-state index in [1.165, 1.54) is 27.7 Å². The molecule has 4 aliphatic carbocycles. The van der Waals surface area contributed by atoms with E-state index >= 15 is 0 Å². The van der Waals surface area contributed by atoms with E-state index in [9.17, 15) is 29.7 Å². The van der Waals surface area contributed by atoms with Gasteiger partial charge in [-0.05, 0) is 62.7 Å². The van der Waals surface area contributed by atoms with Crippen LogP contribution in [0.25, 0.3) is 0 Å². The molecule has 0 radical (unpaired) electrons. The molecule has 0 aromatic carbocycles. The lowest BCUT2D eigenvalue weighted by atomic mass is 9.41. The minimum Gasteiger partial charge on any atom is -0.462 e. The fourth-order valence-corrected chi connectivity index (χ4v) is 11.1. The third-order valence-electron chi connectivity index (χ3n) is 13.7. The van der Waals surface area contributed by atoms with Crippen molar-refractivity contribution < 1.29 is 53.4 Å². The van der Waals surface area contributed by atoms with Crippen LogP contribution < -0.4 is 0 Å². The lowest BCUT2D eigenvalue weighted by Crippen LogP contribution is -2.73. The minimum absolute atomic E-state index is 0.0235. The number of hydrogen-bond acceptors (Lipinski definition) is 11. The summed E-state index contributed by atoms with van der Waals surface area (Å²) < 4.78 is 30.2. The zero-order chi connectivity index (χ0) is 31.2. The van der Waals surface area contributed by atoms with E-state index in [4.69, 9.17) is 23.7 Å². The molecule has 3 N–H and O–H groups in total. The van der Waals surface area contributed by atoms with Gasteiger partial charge in [0, 0.05) is 37.5 Å². The Labute approximate surface area is 251 Å². The maximum absolute atomic E-state index is 12.8. The lowest BCUT2D eigenvalue weighted by Gasteiger charge is -2.64. The summed E-state index contributed by atoms with van der Waals surface area (Å²) in [6.07, 6.45) is -0.276. The van der Waals surface area contributed by atoms with Crippen LogP contribution >= 0.6 is 0 Å². The van der Waals surface area contributed by atoms with Gasteiger partial charge in [0.05, 0.1) is 12.2 Å². The highest BCUT2D eigenvalue weighted by molar-refractivity contribution is 5.81. The Morgan fingerprint density at radius 1 is 0.930 bits per heavy atom.